The SMILES string of the molecule is C=CCn1c(=O)n(CC=C)c(=O)n(CC(=O)N[C@@H](C)c2ccc3c(c2)CCCC3)c1=O. The van der Waals surface area contributed by atoms with Gasteiger partial charge in [0, 0.05) is 0 Å². The second-order valence-electron chi connectivity index (χ2n) is 7.76. The minimum atomic E-state index is -0.841. The van der Waals surface area contributed by atoms with Gasteiger partial charge in [-0.05, 0) is 49.3 Å². The Morgan fingerprint density at radius 1 is 0.968 bits per heavy atom. The van der Waals surface area contributed by atoms with Gasteiger partial charge in [-0.25, -0.2) is 28.1 Å². The topological polar surface area (TPSA) is 95.1 Å². The fourth-order valence-corrected chi connectivity index (χ4v) is 3.93. The molecule has 0 fully saturated rings. The van der Waals surface area contributed by atoms with Crippen LogP contribution in [0.5, 0.6) is 0 Å². The molecule has 1 N–H and O–H groups in total. The van der Waals surface area contributed by atoms with E-state index in [1.54, 1.807) is 0 Å². The second kappa shape index (κ2) is 9.59. The van der Waals surface area contributed by atoms with Gasteiger partial charge in [0.15, 0.2) is 0 Å². The summed E-state index contributed by atoms with van der Waals surface area (Å²) in [4.78, 5) is 50.4. The highest BCUT2D eigenvalue weighted by molar-refractivity contribution is 5.76. The van der Waals surface area contributed by atoms with Crippen molar-refractivity contribution in [2.24, 2.45) is 0 Å². The van der Waals surface area contributed by atoms with Gasteiger partial charge in [0.25, 0.3) is 0 Å². The summed E-state index contributed by atoms with van der Waals surface area (Å²) >= 11 is 0. The lowest BCUT2D eigenvalue weighted by Gasteiger charge is -2.20. The van der Waals surface area contributed by atoms with Crippen molar-refractivity contribution in [1.29, 1.82) is 0 Å². The van der Waals surface area contributed by atoms with E-state index in [1.807, 2.05) is 13.0 Å². The summed E-state index contributed by atoms with van der Waals surface area (Å²) in [6.45, 7) is 8.31. The van der Waals surface area contributed by atoms with Crippen LogP contribution in [0.1, 0.15) is 42.5 Å². The van der Waals surface area contributed by atoms with Crippen LogP contribution in [0.2, 0.25) is 0 Å². The second-order valence-corrected chi connectivity index (χ2v) is 7.76. The zero-order chi connectivity index (χ0) is 22.5. The lowest BCUT2D eigenvalue weighted by Crippen LogP contribution is -2.55. The first-order valence-electron chi connectivity index (χ1n) is 10.4. The van der Waals surface area contributed by atoms with Gasteiger partial charge in [-0.15, -0.1) is 13.2 Å². The minimum absolute atomic E-state index is 0.0672. The summed E-state index contributed by atoms with van der Waals surface area (Å²) in [5, 5.41) is 2.85. The van der Waals surface area contributed by atoms with Crippen LogP contribution in [-0.4, -0.2) is 19.6 Å². The molecule has 1 aromatic carbocycles. The number of carbonyl (C=O) groups excluding carboxylic acids is 1. The largest absolute Gasteiger partial charge is 0.348 e. The molecule has 0 aliphatic heterocycles. The van der Waals surface area contributed by atoms with E-state index in [1.165, 1.54) is 29.7 Å². The number of benzene rings is 1. The standard InChI is InChI=1S/C23H28N4O4/c1-4-12-25-21(29)26(13-5-2)23(31)27(22(25)30)15-20(28)24-16(3)18-11-10-17-8-6-7-9-19(17)14-18/h4-5,10-11,14,16H,1-2,6-9,12-13,15H2,3H3,(H,24,28)/t16-/m0/s1. The summed E-state index contributed by atoms with van der Waals surface area (Å²) in [6, 6.07) is 5.94. The van der Waals surface area contributed by atoms with Crippen LogP contribution in [0.3, 0.4) is 0 Å². The number of amides is 1. The zero-order valence-electron chi connectivity index (χ0n) is 17.8. The fraction of sp³-hybridized carbons (Fsp3) is 0.391. The smallest absolute Gasteiger partial charge is 0.337 e. The average molecular weight is 425 g/mol. The Hall–Kier alpha value is -3.42. The molecule has 1 amide bonds. The predicted molar refractivity (Wildman–Crippen MR) is 119 cm³/mol. The highest BCUT2D eigenvalue weighted by Gasteiger charge is 2.18. The Morgan fingerprint density at radius 3 is 2.10 bits per heavy atom. The Labute approximate surface area is 180 Å². The third-order valence-corrected chi connectivity index (χ3v) is 5.56. The molecule has 31 heavy (non-hydrogen) atoms. The number of hydrogen-bond acceptors (Lipinski definition) is 4. The molecule has 1 aliphatic rings. The molecule has 0 bridgehead atoms. The number of nitrogens with zero attached hydrogens (tertiary/aromatic N) is 3. The fourth-order valence-electron chi connectivity index (χ4n) is 3.93. The molecular formula is C23H28N4O4. The quantitative estimate of drug-likeness (QED) is 0.646. The number of aryl methyl sites for hydroxylation is 2. The summed E-state index contributed by atoms with van der Waals surface area (Å²) in [5.74, 6) is -0.488. The summed E-state index contributed by atoms with van der Waals surface area (Å²) in [5.41, 5.74) is 1.20. The molecule has 0 spiro atoms. The maximum atomic E-state index is 12.7. The van der Waals surface area contributed by atoms with Gasteiger partial charge in [-0.3, -0.25) is 4.79 Å². The first kappa shape index (κ1) is 22.3. The van der Waals surface area contributed by atoms with Crippen LogP contribution in [0, 0.1) is 0 Å². The number of carbonyl (C=O) groups is 1. The first-order chi connectivity index (χ1) is 14.9. The highest BCUT2D eigenvalue weighted by atomic mass is 16.2. The Balaban J connectivity index is 1.85. The molecule has 8 heteroatoms. The summed E-state index contributed by atoms with van der Waals surface area (Å²) in [6.07, 6.45) is 7.24. The Bertz CT molecular complexity index is 1140. The van der Waals surface area contributed by atoms with E-state index in [9.17, 15) is 19.2 Å². The van der Waals surface area contributed by atoms with Crippen LogP contribution in [0.4, 0.5) is 0 Å². The van der Waals surface area contributed by atoms with Crippen molar-refractivity contribution in [1.82, 2.24) is 19.0 Å². The van der Waals surface area contributed by atoms with Gasteiger partial charge in [-0.2, -0.15) is 0 Å². The molecular weight excluding hydrogens is 396 g/mol. The predicted octanol–water partition coefficient (Wildman–Crippen LogP) is 1.30. The van der Waals surface area contributed by atoms with Crippen molar-refractivity contribution in [3.8, 4) is 0 Å². The molecule has 3 rings (SSSR count). The number of fused-ring (bicyclic) bond motifs is 1. The van der Waals surface area contributed by atoms with Crippen LogP contribution < -0.4 is 22.4 Å². The molecule has 1 heterocycles. The van der Waals surface area contributed by atoms with E-state index in [4.69, 9.17) is 0 Å². The maximum Gasteiger partial charge on any atom is 0.337 e. The lowest BCUT2D eigenvalue weighted by molar-refractivity contribution is -0.122. The summed E-state index contributed by atoms with van der Waals surface area (Å²) < 4.78 is 2.51. The van der Waals surface area contributed by atoms with E-state index < -0.39 is 29.5 Å². The van der Waals surface area contributed by atoms with E-state index >= 15 is 0 Å². The number of aromatic nitrogens is 3. The lowest BCUT2D eigenvalue weighted by atomic mass is 9.89. The average Bonchev–Trinajstić information content (AvgIpc) is 2.77. The van der Waals surface area contributed by atoms with E-state index in [0.717, 1.165) is 38.5 Å². The number of allylic oxidation sites excluding steroid dienone is 2. The van der Waals surface area contributed by atoms with Crippen LogP contribution in [0.15, 0.2) is 57.9 Å². The third kappa shape index (κ3) is 4.68. The van der Waals surface area contributed by atoms with Crippen molar-refractivity contribution in [2.75, 3.05) is 0 Å². The van der Waals surface area contributed by atoms with Crippen molar-refractivity contribution in [2.45, 2.75) is 58.3 Å². The molecule has 2 aromatic rings. The van der Waals surface area contributed by atoms with E-state index in [0.29, 0.717) is 0 Å². The van der Waals surface area contributed by atoms with Crippen LogP contribution >= 0.6 is 0 Å². The monoisotopic (exact) mass is 424 g/mol. The van der Waals surface area contributed by atoms with E-state index in [-0.39, 0.29) is 19.1 Å². The molecule has 0 unspecified atom stereocenters. The van der Waals surface area contributed by atoms with Crippen molar-refractivity contribution in [3.05, 3.63) is 91.7 Å². The van der Waals surface area contributed by atoms with Crippen LogP contribution in [-0.2, 0) is 37.3 Å². The normalized spacial score (nSPS) is 13.8. The van der Waals surface area contributed by atoms with Crippen molar-refractivity contribution in [3.63, 3.8) is 0 Å². The van der Waals surface area contributed by atoms with Gasteiger partial charge in [0.05, 0.1) is 19.1 Å². The minimum Gasteiger partial charge on any atom is -0.348 e. The van der Waals surface area contributed by atoms with Crippen molar-refractivity contribution < 1.29 is 4.79 Å². The highest BCUT2D eigenvalue weighted by Crippen LogP contribution is 2.24. The van der Waals surface area contributed by atoms with Crippen molar-refractivity contribution >= 4 is 5.91 Å². The molecule has 0 radical (unpaired) electrons. The van der Waals surface area contributed by atoms with Crippen LogP contribution in [0.25, 0.3) is 0 Å². The number of rotatable bonds is 8. The number of hydrogen-bond donors (Lipinski definition) is 1. The van der Waals surface area contributed by atoms with Gasteiger partial charge < -0.3 is 5.32 Å². The number of nitrogens with one attached hydrogen (secondary N) is 1. The molecule has 164 valence electrons. The zero-order valence-corrected chi connectivity index (χ0v) is 17.8. The Morgan fingerprint density at radius 2 is 1.52 bits per heavy atom. The Kier molecular flexibility index (Phi) is 6.89. The third-order valence-electron chi connectivity index (χ3n) is 5.56. The molecule has 1 aliphatic carbocycles. The van der Waals surface area contributed by atoms with Gasteiger partial charge in [-0.1, -0.05) is 30.4 Å². The van der Waals surface area contributed by atoms with Gasteiger partial charge in [0.2, 0.25) is 5.91 Å². The molecule has 0 saturated heterocycles. The molecule has 1 atom stereocenters. The van der Waals surface area contributed by atoms with Gasteiger partial charge in [0.1, 0.15) is 6.54 Å². The first-order valence-corrected chi connectivity index (χ1v) is 10.4. The summed E-state index contributed by atoms with van der Waals surface area (Å²) in [7, 11) is 0. The van der Waals surface area contributed by atoms with E-state index in [2.05, 4.69) is 30.6 Å². The van der Waals surface area contributed by atoms with Gasteiger partial charge >= 0.3 is 17.1 Å². The molecule has 1 aromatic heterocycles. The maximum absolute atomic E-state index is 12.7. The molecule has 0 saturated carbocycles. The molecule has 8 nitrogen and oxygen atoms in total.